The van der Waals surface area contributed by atoms with Crippen LogP contribution >= 0.6 is 0 Å². The minimum atomic E-state index is -0.555. The molecule has 2 aromatic rings. The highest BCUT2D eigenvalue weighted by Gasteiger charge is 2.06. The lowest BCUT2D eigenvalue weighted by Gasteiger charge is -2.09. The molecule has 2 heterocycles. The van der Waals surface area contributed by atoms with E-state index in [1.807, 2.05) is 26.0 Å². The molecule has 0 saturated carbocycles. The molecule has 0 aliphatic carbocycles. The number of hydrogen-bond donors (Lipinski definition) is 0. The summed E-state index contributed by atoms with van der Waals surface area (Å²) >= 11 is 0. The molecule has 0 amide bonds. The minimum absolute atomic E-state index is 0.429. The lowest BCUT2D eigenvalue weighted by Crippen LogP contribution is -1.96. The van der Waals surface area contributed by atoms with Gasteiger partial charge in [0.2, 0.25) is 5.95 Å². The van der Waals surface area contributed by atoms with Crippen molar-refractivity contribution >= 4 is 0 Å². The van der Waals surface area contributed by atoms with E-state index >= 15 is 0 Å². The van der Waals surface area contributed by atoms with E-state index < -0.39 is 5.95 Å². The number of pyridine rings is 2. The van der Waals surface area contributed by atoms with Crippen LogP contribution in [0.3, 0.4) is 0 Å². The molecule has 2 rings (SSSR count). The molecule has 0 fully saturated rings. The predicted molar refractivity (Wildman–Crippen MR) is 62.6 cm³/mol. The highest BCUT2D eigenvalue weighted by molar-refractivity contribution is 5.34. The van der Waals surface area contributed by atoms with Crippen LogP contribution in [0.25, 0.3) is 0 Å². The van der Waals surface area contributed by atoms with Crippen LogP contribution in [0.1, 0.15) is 18.3 Å². The van der Waals surface area contributed by atoms with Gasteiger partial charge in [-0.05, 0) is 31.5 Å². The second kappa shape index (κ2) is 4.91. The Hall–Kier alpha value is -1.97. The lowest BCUT2D eigenvalue weighted by molar-refractivity contribution is 0.463. The van der Waals surface area contributed by atoms with Gasteiger partial charge in [-0.15, -0.1) is 0 Å². The summed E-state index contributed by atoms with van der Waals surface area (Å²) in [5.41, 5.74) is 1.80. The summed E-state index contributed by atoms with van der Waals surface area (Å²) in [5.74, 6) is 0.530. The molecule has 2 aromatic heterocycles. The molecule has 0 bridgehead atoms. The maximum atomic E-state index is 12.9. The Kier molecular flexibility index (Phi) is 3.32. The van der Waals surface area contributed by atoms with E-state index in [1.54, 1.807) is 6.07 Å². The molecule has 0 aromatic carbocycles. The van der Waals surface area contributed by atoms with Crippen molar-refractivity contribution in [3.63, 3.8) is 0 Å². The molecule has 0 saturated heterocycles. The average molecular weight is 232 g/mol. The molecule has 4 heteroatoms. The number of nitrogens with zero attached hydrogens (tertiary/aromatic N) is 2. The van der Waals surface area contributed by atoms with Crippen LogP contribution in [-0.2, 0) is 6.42 Å². The zero-order chi connectivity index (χ0) is 12.3. The van der Waals surface area contributed by atoms with E-state index in [1.165, 1.54) is 12.3 Å². The highest BCUT2D eigenvalue weighted by Crippen LogP contribution is 2.24. The van der Waals surface area contributed by atoms with Gasteiger partial charge in [-0.3, -0.25) is 4.98 Å². The number of ether oxygens (including phenoxy) is 1. The van der Waals surface area contributed by atoms with Crippen LogP contribution in [0.15, 0.2) is 30.5 Å². The van der Waals surface area contributed by atoms with Crippen molar-refractivity contribution < 1.29 is 9.13 Å². The first-order valence-corrected chi connectivity index (χ1v) is 5.45. The molecule has 0 N–H and O–H groups in total. The topological polar surface area (TPSA) is 35.0 Å². The van der Waals surface area contributed by atoms with Gasteiger partial charge in [0.1, 0.15) is 11.5 Å². The molecule has 3 nitrogen and oxygen atoms in total. The quantitative estimate of drug-likeness (QED) is 0.762. The van der Waals surface area contributed by atoms with Gasteiger partial charge < -0.3 is 4.74 Å². The second-order valence-electron chi connectivity index (χ2n) is 3.67. The largest absolute Gasteiger partial charge is 0.455 e. The van der Waals surface area contributed by atoms with Crippen molar-refractivity contribution in [3.8, 4) is 11.5 Å². The Bertz CT molecular complexity index is 529. The van der Waals surface area contributed by atoms with Crippen LogP contribution in [-0.4, -0.2) is 9.97 Å². The molecule has 0 atom stereocenters. The Labute approximate surface area is 99.3 Å². The first kappa shape index (κ1) is 11.5. The number of aryl methyl sites for hydroxylation is 2. The fraction of sp³-hybridized carbons (Fsp3) is 0.231. The Morgan fingerprint density at radius 1 is 1.29 bits per heavy atom. The fourth-order valence-corrected chi connectivity index (χ4v) is 1.52. The number of rotatable bonds is 3. The summed E-state index contributed by atoms with van der Waals surface area (Å²) in [7, 11) is 0. The molecule has 88 valence electrons. The number of aromatic nitrogens is 2. The number of halogens is 1. The summed E-state index contributed by atoms with van der Waals surface area (Å²) < 4.78 is 18.5. The fourth-order valence-electron chi connectivity index (χ4n) is 1.52. The second-order valence-corrected chi connectivity index (χ2v) is 3.67. The van der Waals surface area contributed by atoms with Crippen molar-refractivity contribution in [2.45, 2.75) is 20.3 Å². The maximum absolute atomic E-state index is 12.9. The first-order valence-electron chi connectivity index (χ1n) is 5.45. The van der Waals surface area contributed by atoms with Crippen LogP contribution in [0, 0.1) is 12.9 Å². The van der Waals surface area contributed by atoms with Crippen molar-refractivity contribution in [3.05, 3.63) is 47.8 Å². The third kappa shape index (κ3) is 2.78. The monoisotopic (exact) mass is 232 g/mol. The molecule has 0 radical (unpaired) electrons. The molecule has 0 spiro atoms. The first-order chi connectivity index (χ1) is 8.19. The van der Waals surface area contributed by atoms with E-state index in [4.69, 9.17) is 4.74 Å². The van der Waals surface area contributed by atoms with Gasteiger partial charge in [-0.25, -0.2) is 4.98 Å². The van der Waals surface area contributed by atoms with E-state index in [0.29, 0.717) is 11.5 Å². The predicted octanol–water partition coefficient (Wildman–Crippen LogP) is 3.28. The Balaban J connectivity index is 2.29. The van der Waals surface area contributed by atoms with Gasteiger partial charge in [-0.1, -0.05) is 6.92 Å². The molecule has 0 aliphatic heterocycles. The summed E-state index contributed by atoms with van der Waals surface area (Å²) in [6.07, 6.45) is 2.14. The van der Waals surface area contributed by atoms with E-state index in [0.717, 1.165) is 17.8 Å². The summed E-state index contributed by atoms with van der Waals surface area (Å²) in [6.45, 7) is 3.93. The zero-order valence-corrected chi connectivity index (χ0v) is 9.77. The normalized spacial score (nSPS) is 10.3. The third-order valence-electron chi connectivity index (χ3n) is 2.33. The van der Waals surface area contributed by atoms with Crippen molar-refractivity contribution in [2.24, 2.45) is 0 Å². The maximum Gasteiger partial charge on any atom is 0.216 e. The number of hydrogen-bond acceptors (Lipinski definition) is 3. The minimum Gasteiger partial charge on any atom is -0.455 e. The average Bonchev–Trinajstić information content (AvgIpc) is 2.31. The standard InChI is InChI=1S/C13H13FN2O/c1-3-11-12(5-4-9(2)16-11)17-10-6-7-15-13(14)8-10/h4-8H,3H2,1-2H3. The van der Waals surface area contributed by atoms with E-state index in [2.05, 4.69) is 9.97 Å². The van der Waals surface area contributed by atoms with Crippen molar-refractivity contribution in [1.82, 2.24) is 9.97 Å². The van der Waals surface area contributed by atoms with E-state index in [-0.39, 0.29) is 0 Å². The van der Waals surface area contributed by atoms with Gasteiger partial charge in [0.25, 0.3) is 0 Å². The lowest BCUT2D eigenvalue weighted by atomic mass is 10.2. The summed E-state index contributed by atoms with van der Waals surface area (Å²) in [5, 5.41) is 0. The molecule has 0 unspecified atom stereocenters. The van der Waals surface area contributed by atoms with Crippen LogP contribution in [0.4, 0.5) is 4.39 Å². The SMILES string of the molecule is CCc1nc(C)ccc1Oc1ccnc(F)c1. The molecular formula is C13H13FN2O. The third-order valence-corrected chi connectivity index (χ3v) is 2.33. The Morgan fingerprint density at radius 2 is 2.12 bits per heavy atom. The van der Waals surface area contributed by atoms with Crippen LogP contribution in [0.5, 0.6) is 11.5 Å². The Morgan fingerprint density at radius 3 is 2.82 bits per heavy atom. The van der Waals surface area contributed by atoms with Gasteiger partial charge >= 0.3 is 0 Å². The zero-order valence-electron chi connectivity index (χ0n) is 9.77. The van der Waals surface area contributed by atoms with Gasteiger partial charge in [0.15, 0.2) is 0 Å². The highest BCUT2D eigenvalue weighted by atomic mass is 19.1. The van der Waals surface area contributed by atoms with Gasteiger partial charge in [-0.2, -0.15) is 4.39 Å². The van der Waals surface area contributed by atoms with Crippen molar-refractivity contribution in [2.75, 3.05) is 0 Å². The smallest absolute Gasteiger partial charge is 0.216 e. The van der Waals surface area contributed by atoms with Gasteiger partial charge in [0.05, 0.1) is 5.69 Å². The molecule has 17 heavy (non-hydrogen) atoms. The van der Waals surface area contributed by atoms with Crippen LogP contribution in [0.2, 0.25) is 0 Å². The van der Waals surface area contributed by atoms with Gasteiger partial charge in [0, 0.05) is 18.0 Å². The van der Waals surface area contributed by atoms with Crippen molar-refractivity contribution in [1.29, 1.82) is 0 Å². The summed E-state index contributed by atoms with van der Waals surface area (Å²) in [4.78, 5) is 7.85. The molecular weight excluding hydrogens is 219 g/mol. The van der Waals surface area contributed by atoms with E-state index in [9.17, 15) is 4.39 Å². The molecule has 0 aliphatic rings. The summed E-state index contributed by atoms with van der Waals surface area (Å²) in [6, 6.07) is 6.58. The van der Waals surface area contributed by atoms with Crippen LogP contribution < -0.4 is 4.74 Å².